The van der Waals surface area contributed by atoms with Gasteiger partial charge < -0.3 is 20.4 Å². The molecule has 6 rings (SSSR count). The van der Waals surface area contributed by atoms with Gasteiger partial charge in [0.25, 0.3) is 20.2 Å². The first-order valence-electron chi connectivity index (χ1n) is 15.2. The van der Waals surface area contributed by atoms with Crippen molar-refractivity contribution in [2.75, 3.05) is 0 Å². The van der Waals surface area contributed by atoms with E-state index in [1.165, 1.54) is 36.4 Å². The molecular weight excluding hydrogens is 745 g/mol. The zero-order chi connectivity index (χ0) is 38.9. The second kappa shape index (κ2) is 14.3. The van der Waals surface area contributed by atoms with E-state index in [1.807, 2.05) is 0 Å². The Morgan fingerprint density at radius 3 is 1.19 bits per heavy atom. The minimum Gasteiger partial charge on any atom is -0.506 e. The van der Waals surface area contributed by atoms with E-state index in [4.69, 9.17) is 0 Å². The van der Waals surface area contributed by atoms with Crippen LogP contribution in [0.15, 0.2) is 127 Å². The van der Waals surface area contributed by atoms with E-state index in [-0.39, 0.29) is 44.6 Å². The Bertz CT molecular complexity index is 2680. The molecule has 6 aromatic rings. The highest BCUT2D eigenvalue weighted by molar-refractivity contribution is 7.86. The van der Waals surface area contributed by atoms with E-state index in [0.717, 1.165) is 36.4 Å². The molecule has 18 heteroatoms. The van der Waals surface area contributed by atoms with Crippen LogP contribution in [0.4, 0.5) is 22.7 Å². The maximum atomic E-state index is 12.4. The Balaban J connectivity index is 1.35. The lowest BCUT2D eigenvalue weighted by Gasteiger charge is -2.08. The van der Waals surface area contributed by atoms with Crippen LogP contribution in [0.2, 0.25) is 0 Å². The Morgan fingerprint density at radius 1 is 0.500 bits per heavy atom. The van der Waals surface area contributed by atoms with E-state index in [9.17, 15) is 56.0 Å². The number of azo groups is 2. The van der Waals surface area contributed by atoms with Crippen LogP contribution < -0.4 is 0 Å². The van der Waals surface area contributed by atoms with E-state index in [1.54, 1.807) is 36.4 Å². The Morgan fingerprint density at radius 2 is 0.852 bits per heavy atom. The van der Waals surface area contributed by atoms with Crippen molar-refractivity contribution >= 4 is 88.6 Å². The highest BCUT2D eigenvalue weighted by Gasteiger charge is 2.20. The number of phenols is 2. The molecule has 0 spiro atoms. The Labute approximate surface area is 304 Å². The van der Waals surface area contributed by atoms with Gasteiger partial charge in [-0.3, -0.25) is 9.11 Å². The molecule has 0 saturated carbocycles. The molecule has 0 unspecified atom stereocenters. The molecule has 0 radical (unpaired) electrons. The third-order valence-electron chi connectivity index (χ3n) is 7.99. The minimum absolute atomic E-state index is 0.0420. The lowest BCUT2D eigenvalue weighted by Crippen LogP contribution is -2.01. The summed E-state index contributed by atoms with van der Waals surface area (Å²) in [6, 6.07) is 21.7. The zero-order valence-corrected chi connectivity index (χ0v) is 28.8. The van der Waals surface area contributed by atoms with Gasteiger partial charge in [-0.05, 0) is 47.5 Å². The molecule has 0 aliphatic rings. The smallest absolute Gasteiger partial charge is 0.339 e. The monoisotopic (exact) mass is 768 g/mol. The summed E-state index contributed by atoms with van der Waals surface area (Å²) < 4.78 is 69.6. The van der Waals surface area contributed by atoms with Crippen molar-refractivity contribution in [1.82, 2.24) is 0 Å². The first kappa shape index (κ1) is 36.9. The van der Waals surface area contributed by atoms with Gasteiger partial charge in [-0.1, -0.05) is 72.8 Å². The number of nitrogens with zero attached hydrogens (tertiary/aromatic N) is 4. The molecule has 0 heterocycles. The highest BCUT2D eigenvalue weighted by Crippen LogP contribution is 2.39. The van der Waals surface area contributed by atoms with Crippen LogP contribution in [-0.2, 0) is 20.2 Å². The summed E-state index contributed by atoms with van der Waals surface area (Å²) in [5.74, 6) is -3.79. The molecule has 0 aliphatic carbocycles. The zero-order valence-electron chi connectivity index (χ0n) is 27.1. The lowest BCUT2D eigenvalue weighted by molar-refractivity contribution is 0.0682. The van der Waals surface area contributed by atoms with Crippen LogP contribution in [0.5, 0.6) is 11.5 Å². The number of fused-ring (bicyclic) bond motifs is 2. The molecule has 54 heavy (non-hydrogen) atoms. The van der Waals surface area contributed by atoms with Crippen LogP contribution in [0.3, 0.4) is 0 Å². The van der Waals surface area contributed by atoms with Crippen molar-refractivity contribution in [3.63, 3.8) is 0 Å². The topological polar surface area (TPSA) is 273 Å². The number of benzene rings is 6. The maximum absolute atomic E-state index is 12.4. The van der Waals surface area contributed by atoms with Gasteiger partial charge in [-0.15, -0.1) is 10.2 Å². The van der Waals surface area contributed by atoms with Crippen molar-refractivity contribution < 1.29 is 56.0 Å². The predicted molar refractivity (Wildman–Crippen MR) is 195 cm³/mol. The van der Waals surface area contributed by atoms with Crippen molar-refractivity contribution in [3.8, 4) is 11.5 Å². The third kappa shape index (κ3) is 7.52. The first-order valence-corrected chi connectivity index (χ1v) is 18.1. The number of aromatic hydroxyl groups is 2. The summed E-state index contributed by atoms with van der Waals surface area (Å²) in [7, 11) is -9.84. The largest absolute Gasteiger partial charge is 0.506 e. The maximum Gasteiger partial charge on any atom is 0.339 e. The van der Waals surface area contributed by atoms with Gasteiger partial charge in [0.1, 0.15) is 32.4 Å². The molecule has 6 N–H and O–H groups in total. The van der Waals surface area contributed by atoms with Gasteiger partial charge in [0.15, 0.2) is 0 Å². The standard InChI is InChI=1S/C36H24N4O12S2/c41-33-25-7-3-1-5-23(25)29(17-27(33)35(43)44)39-37-21-13-11-19(31(15-21)53(47,48)49)9-10-20-12-14-22(16-32(20)54(50,51)52)38-40-30-18-28(36(45)46)34(42)26-8-4-2-6-24(26)30/h1-18,41-42H,(H,43,44)(H,45,46)(H,47,48,49)(H,50,51,52). The van der Waals surface area contributed by atoms with Crippen LogP contribution in [0, 0.1) is 0 Å². The molecular formula is C36H24N4O12S2. The summed E-state index contributed by atoms with van der Waals surface area (Å²) in [6.45, 7) is 0. The molecule has 272 valence electrons. The van der Waals surface area contributed by atoms with Gasteiger partial charge in [0.05, 0.1) is 22.7 Å². The molecule has 0 fully saturated rings. The fourth-order valence-electron chi connectivity index (χ4n) is 5.47. The molecule has 0 saturated heterocycles. The van der Waals surface area contributed by atoms with Gasteiger partial charge in [-0.25, -0.2) is 9.59 Å². The molecule has 0 bridgehead atoms. The summed E-state index contributed by atoms with van der Waals surface area (Å²) in [5, 5.41) is 57.0. The lowest BCUT2D eigenvalue weighted by atomic mass is 10.0. The SMILES string of the molecule is O=C(O)c1cc(N=Nc2ccc(C=Cc3ccc(N=Nc4cc(C(=O)O)c(O)c5ccccc45)cc3S(=O)(=O)O)c(S(=O)(=O)O)c2)c2ccccc2c1O. The number of rotatable bonds is 10. The summed E-state index contributed by atoms with van der Waals surface area (Å²) in [5.41, 5.74) is -1.22. The van der Waals surface area contributed by atoms with Crippen LogP contribution in [0.25, 0.3) is 33.7 Å². The predicted octanol–water partition coefficient (Wildman–Crippen LogP) is 8.30. The molecule has 0 aromatic heterocycles. The van der Waals surface area contributed by atoms with E-state index < -0.39 is 64.6 Å². The van der Waals surface area contributed by atoms with Crippen molar-refractivity contribution in [1.29, 1.82) is 0 Å². The Hall–Kier alpha value is -6.86. The molecule has 0 aliphatic heterocycles. The quantitative estimate of drug-likeness (QED) is 0.0436. The summed E-state index contributed by atoms with van der Waals surface area (Å²) >= 11 is 0. The second-order valence-corrected chi connectivity index (χ2v) is 14.2. The third-order valence-corrected chi connectivity index (χ3v) is 9.81. The molecule has 16 nitrogen and oxygen atoms in total. The normalized spacial score (nSPS) is 12.4. The molecule has 0 atom stereocenters. The van der Waals surface area contributed by atoms with Crippen molar-refractivity contribution in [3.05, 3.63) is 119 Å². The number of aromatic carboxylic acids is 2. The van der Waals surface area contributed by atoms with E-state index in [2.05, 4.69) is 20.5 Å². The molecule has 6 aromatic carbocycles. The number of carboxylic acids is 2. The Kier molecular flexibility index (Phi) is 9.76. The van der Waals surface area contributed by atoms with E-state index in [0.29, 0.717) is 10.8 Å². The average Bonchev–Trinajstić information content (AvgIpc) is 3.13. The van der Waals surface area contributed by atoms with Gasteiger partial charge in [-0.2, -0.15) is 27.1 Å². The fourth-order valence-corrected chi connectivity index (χ4v) is 6.88. The molecule has 0 amide bonds. The van der Waals surface area contributed by atoms with Crippen LogP contribution >= 0.6 is 0 Å². The summed E-state index contributed by atoms with van der Waals surface area (Å²) in [4.78, 5) is 22.1. The van der Waals surface area contributed by atoms with Gasteiger partial charge in [0.2, 0.25) is 0 Å². The highest BCUT2D eigenvalue weighted by atomic mass is 32.2. The van der Waals surface area contributed by atoms with Crippen LogP contribution in [-0.4, -0.2) is 58.3 Å². The van der Waals surface area contributed by atoms with Crippen molar-refractivity contribution in [2.45, 2.75) is 9.79 Å². The number of carbonyl (C=O) groups is 2. The van der Waals surface area contributed by atoms with Crippen molar-refractivity contribution in [2.24, 2.45) is 20.5 Å². The van der Waals surface area contributed by atoms with E-state index >= 15 is 0 Å². The average molecular weight is 769 g/mol. The summed E-state index contributed by atoms with van der Waals surface area (Å²) in [6.07, 6.45) is 2.30. The fraction of sp³-hybridized carbons (Fsp3) is 0. The van der Waals surface area contributed by atoms with Crippen LogP contribution in [0.1, 0.15) is 31.8 Å². The minimum atomic E-state index is -4.92. The number of carboxylic acid groups (broad SMARTS) is 2. The number of hydrogen-bond donors (Lipinski definition) is 6. The van der Waals surface area contributed by atoms with Gasteiger partial charge in [0, 0.05) is 21.5 Å². The number of hydrogen-bond acceptors (Lipinski definition) is 12. The second-order valence-electron chi connectivity index (χ2n) is 11.4. The first-order chi connectivity index (χ1) is 25.5. The van der Waals surface area contributed by atoms with Gasteiger partial charge >= 0.3 is 11.9 Å².